The third-order valence-electron chi connectivity index (χ3n) is 1.69. The van der Waals surface area contributed by atoms with Crippen LogP contribution in [0.4, 0.5) is 5.69 Å². The molecule has 1 rings (SSSR count). The number of rotatable bonds is 5. The van der Waals surface area contributed by atoms with Crippen LogP contribution >= 0.6 is 0 Å². The summed E-state index contributed by atoms with van der Waals surface area (Å²) in [6, 6.07) is 5.27. The molecule has 0 bridgehead atoms. The van der Waals surface area contributed by atoms with Gasteiger partial charge in [-0.15, -0.1) is 0 Å². The molecule has 0 heterocycles. The van der Waals surface area contributed by atoms with Crippen molar-refractivity contribution in [1.29, 1.82) is 0 Å². The summed E-state index contributed by atoms with van der Waals surface area (Å²) in [5.74, 6) is 1.39. The van der Waals surface area contributed by atoms with Crippen LogP contribution in [0.1, 0.15) is 0 Å². The normalized spacial score (nSPS) is 9.86. The highest BCUT2D eigenvalue weighted by Gasteiger charge is 1.99. The molecule has 0 fully saturated rings. The number of ether oxygens (including phenoxy) is 3. The van der Waals surface area contributed by atoms with Crippen molar-refractivity contribution in [2.45, 2.75) is 0 Å². The molecular formula is C10H15NO3. The molecule has 78 valence electrons. The van der Waals surface area contributed by atoms with Crippen molar-refractivity contribution in [2.24, 2.45) is 0 Å². The summed E-state index contributed by atoms with van der Waals surface area (Å²) in [5, 5.41) is 0. The molecular weight excluding hydrogens is 182 g/mol. The molecule has 0 radical (unpaired) electrons. The SMILES string of the molecule is COCCOc1cc(N)cc(OC)c1. The Balaban J connectivity index is 2.62. The average Bonchev–Trinajstić information content (AvgIpc) is 2.17. The minimum Gasteiger partial charge on any atom is -0.497 e. The highest BCUT2D eigenvalue weighted by Crippen LogP contribution is 2.23. The van der Waals surface area contributed by atoms with Crippen molar-refractivity contribution in [1.82, 2.24) is 0 Å². The van der Waals surface area contributed by atoms with Crippen molar-refractivity contribution >= 4 is 5.69 Å². The third kappa shape index (κ3) is 3.14. The molecule has 0 aliphatic carbocycles. The first kappa shape index (κ1) is 10.7. The maximum atomic E-state index is 5.65. The van der Waals surface area contributed by atoms with E-state index in [0.29, 0.717) is 30.4 Å². The highest BCUT2D eigenvalue weighted by atomic mass is 16.5. The van der Waals surface area contributed by atoms with Crippen molar-refractivity contribution in [3.8, 4) is 11.5 Å². The van der Waals surface area contributed by atoms with Crippen LogP contribution in [0, 0.1) is 0 Å². The van der Waals surface area contributed by atoms with Gasteiger partial charge in [0.1, 0.15) is 18.1 Å². The van der Waals surface area contributed by atoms with Gasteiger partial charge >= 0.3 is 0 Å². The zero-order valence-electron chi connectivity index (χ0n) is 8.45. The molecule has 1 aromatic rings. The Morgan fingerprint density at radius 2 is 1.79 bits per heavy atom. The van der Waals surface area contributed by atoms with Crippen LogP contribution in [0.2, 0.25) is 0 Å². The van der Waals surface area contributed by atoms with E-state index in [1.165, 1.54) is 0 Å². The minimum atomic E-state index is 0.503. The topological polar surface area (TPSA) is 53.7 Å². The molecule has 4 heteroatoms. The Hall–Kier alpha value is -1.42. The van der Waals surface area contributed by atoms with Gasteiger partial charge in [-0.2, -0.15) is 0 Å². The zero-order valence-corrected chi connectivity index (χ0v) is 8.45. The lowest BCUT2D eigenvalue weighted by Crippen LogP contribution is -2.04. The molecule has 0 aliphatic rings. The molecule has 0 saturated carbocycles. The molecule has 0 spiro atoms. The van der Waals surface area contributed by atoms with Gasteiger partial charge in [0.25, 0.3) is 0 Å². The van der Waals surface area contributed by atoms with Gasteiger partial charge in [-0.25, -0.2) is 0 Å². The Labute approximate surface area is 83.6 Å². The molecule has 0 unspecified atom stereocenters. The summed E-state index contributed by atoms with van der Waals surface area (Å²) >= 11 is 0. The predicted molar refractivity (Wildman–Crippen MR) is 54.8 cm³/mol. The quantitative estimate of drug-likeness (QED) is 0.571. The number of nitrogens with two attached hydrogens (primary N) is 1. The first-order valence-electron chi connectivity index (χ1n) is 4.32. The van der Waals surface area contributed by atoms with Crippen LogP contribution < -0.4 is 15.2 Å². The second-order valence-electron chi connectivity index (χ2n) is 2.78. The van der Waals surface area contributed by atoms with Gasteiger partial charge in [-0.1, -0.05) is 0 Å². The largest absolute Gasteiger partial charge is 0.497 e. The van der Waals surface area contributed by atoms with Gasteiger partial charge in [0.2, 0.25) is 0 Å². The fraction of sp³-hybridized carbons (Fsp3) is 0.400. The number of anilines is 1. The molecule has 1 aromatic carbocycles. The van der Waals surface area contributed by atoms with Crippen LogP contribution in [0.3, 0.4) is 0 Å². The first-order chi connectivity index (χ1) is 6.76. The van der Waals surface area contributed by atoms with E-state index >= 15 is 0 Å². The lowest BCUT2D eigenvalue weighted by molar-refractivity contribution is 0.146. The van der Waals surface area contributed by atoms with E-state index in [2.05, 4.69) is 0 Å². The lowest BCUT2D eigenvalue weighted by Gasteiger charge is -2.08. The summed E-state index contributed by atoms with van der Waals surface area (Å²) < 4.78 is 15.3. The monoisotopic (exact) mass is 197 g/mol. The van der Waals surface area contributed by atoms with Gasteiger partial charge in [0.05, 0.1) is 13.7 Å². The Kier molecular flexibility index (Phi) is 4.07. The third-order valence-corrected chi connectivity index (χ3v) is 1.69. The van der Waals surface area contributed by atoms with Gasteiger partial charge in [-0.3, -0.25) is 0 Å². The number of nitrogen functional groups attached to an aromatic ring is 1. The van der Waals surface area contributed by atoms with Crippen LogP contribution in [0.5, 0.6) is 11.5 Å². The molecule has 0 aromatic heterocycles. The van der Waals surface area contributed by atoms with E-state index < -0.39 is 0 Å². The van der Waals surface area contributed by atoms with Gasteiger partial charge in [0, 0.05) is 31.0 Å². The van der Waals surface area contributed by atoms with Gasteiger partial charge in [-0.05, 0) is 0 Å². The summed E-state index contributed by atoms with van der Waals surface area (Å²) in [4.78, 5) is 0. The Morgan fingerprint density at radius 3 is 2.43 bits per heavy atom. The highest BCUT2D eigenvalue weighted by molar-refractivity contribution is 5.50. The second-order valence-corrected chi connectivity index (χ2v) is 2.78. The fourth-order valence-electron chi connectivity index (χ4n) is 1.04. The van der Waals surface area contributed by atoms with Crippen LogP contribution in [0.15, 0.2) is 18.2 Å². The lowest BCUT2D eigenvalue weighted by atomic mass is 10.3. The Bertz CT molecular complexity index is 289. The summed E-state index contributed by atoms with van der Waals surface area (Å²) in [5.41, 5.74) is 6.27. The first-order valence-corrected chi connectivity index (χ1v) is 4.32. The van der Waals surface area contributed by atoms with E-state index in [1.54, 1.807) is 32.4 Å². The Morgan fingerprint density at radius 1 is 1.07 bits per heavy atom. The molecule has 4 nitrogen and oxygen atoms in total. The summed E-state index contributed by atoms with van der Waals surface area (Å²) in [6.07, 6.45) is 0. The van der Waals surface area contributed by atoms with E-state index in [9.17, 15) is 0 Å². The van der Waals surface area contributed by atoms with Crippen molar-refractivity contribution in [3.05, 3.63) is 18.2 Å². The molecule has 0 saturated heterocycles. The number of hydrogen-bond acceptors (Lipinski definition) is 4. The van der Waals surface area contributed by atoms with E-state index in [0.717, 1.165) is 0 Å². The van der Waals surface area contributed by atoms with E-state index in [4.69, 9.17) is 19.9 Å². The molecule has 14 heavy (non-hydrogen) atoms. The van der Waals surface area contributed by atoms with E-state index in [1.807, 2.05) is 0 Å². The molecule has 0 amide bonds. The maximum absolute atomic E-state index is 5.65. The smallest absolute Gasteiger partial charge is 0.125 e. The van der Waals surface area contributed by atoms with Crippen molar-refractivity contribution < 1.29 is 14.2 Å². The van der Waals surface area contributed by atoms with Crippen molar-refractivity contribution in [2.75, 3.05) is 33.2 Å². The van der Waals surface area contributed by atoms with Crippen LogP contribution in [-0.4, -0.2) is 27.4 Å². The standard InChI is InChI=1S/C10H15NO3/c1-12-3-4-14-10-6-8(11)5-9(7-10)13-2/h5-7H,3-4,11H2,1-2H3. The zero-order chi connectivity index (χ0) is 10.4. The van der Waals surface area contributed by atoms with Crippen LogP contribution in [-0.2, 0) is 4.74 Å². The minimum absolute atomic E-state index is 0.503. The summed E-state index contributed by atoms with van der Waals surface area (Å²) in [6.45, 7) is 1.06. The summed E-state index contributed by atoms with van der Waals surface area (Å²) in [7, 11) is 3.22. The van der Waals surface area contributed by atoms with Gasteiger partial charge < -0.3 is 19.9 Å². The number of methoxy groups -OCH3 is 2. The molecule has 0 atom stereocenters. The molecule has 2 N–H and O–H groups in total. The van der Waals surface area contributed by atoms with Crippen LogP contribution in [0.25, 0.3) is 0 Å². The van der Waals surface area contributed by atoms with E-state index in [-0.39, 0.29) is 0 Å². The predicted octanol–water partition coefficient (Wildman–Crippen LogP) is 1.30. The van der Waals surface area contributed by atoms with Crippen molar-refractivity contribution in [3.63, 3.8) is 0 Å². The number of benzene rings is 1. The second kappa shape index (κ2) is 5.34. The fourth-order valence-corrected chi connectivity index (χ4v) is 1.04. The maximum Gasteiger partial charge on any atom is 0.125 e. The van der Waals surface area contributed by atoms with Gasteiger partial charge in [0.15, 0.2) is 0 Å². The average molecular weight is 197 g/mol. The molecule has 0 aliphatic heterocycles. The number of hydrogen-bond donors (Lipinski definition) is 1.